The van der Waals surface area contributed by atoms with Gasteiger partial charge in [-0.2, -0.15) is 0 Å². The Morgan fingerprint density at radius 2 is 2.00 bits per heavy atom. The zero-order chi connectivity index (χ0) is 22.9. The summed E-state index contributed by atoms with van der Waals surface area (Å²) in [6.45, 7) is 5.41. The van der Waals surface area contributed by atoms with Gasteiger partial charge in [-0.25, -0.2) is 0 Å². The lowest BCUT2D eigenvalue weighted by Gasteiger charge is -2.24. The smallest absolute Gasteiger partial charge is 0.234 e. The van der Waals surface area contributed by atoms with Gasteiger partial charge in [-0.1, -0.05) is 43.1 Å². The molecule has 1 atom stereocenters. The van der Waals surface area contributed by atoms with Gasteiger partial charge in [0.25, 0.3) is 0 Å². The first-order chi connectivity index (χ1) is 15.5. The number of para-hydroxylation sites is 1. The number of anilines is 1. The number of carbonyl (C=O) groups excluding carboxylic acids is 2. The summed E-state index contributed by atoms with van der Waals surface area (Å²) in [6.07, 6.45) is 2.28. The van der Waals surface area contributed by atoms with Gasteiger partial charge < -0.3 is 20.7 Å². The van der Waals surface area contributed by atoms with E-state index in [1.165, 1.54) is 0 Å². The molecule has 4 N–H and O–H groups in total. The molecule has 0 bridgehead atoms. The van der Waals surface area contributed by atoms with E-state index in [0.29, 0.717) is 25.4 Å². The van der Waals surface area contributed by atoms with Gasteiger partial charge in [-0.05, 0) is 42.3 Å². The first-order valence-corrected chi connectivity index (χ1v) is 11.7. The van der Waals surface area contributed by atoms with Crippen LogP contribution in [0.2, 0.25) is 0 Å². The third-order valence-corrected chi connectivity index (χ3v) is 5.75. The second-order valence-corrected chi connectivity index (χ2v) is 8.65. The molecule has 0 spiro atoms. The Hall–Kier alpha value is -2.81. The number of ether oxygens (including phenoxy) is 1. The minimum absolute atomic E-state index is 0.00341. The predicted molar refractivity (Wildman–Crippen MR) is 131 cm³/mol. The third kappa shape index (κ3) is 6.59. The molecule has 32 heavy (non-hydrogen) atoms. The van der Waals surface area contributed by atoms with Crippen LogP contribution in [0.5, 0.6) is 11.5 Å². The summed E-state index contributed by atoms with van der Waals surface area (Å²) < 4.78 is 9.29. The fraction of sp³-hybridized carbons (Fsp3) is 0.333. The number of primary amides is 1. The summed E-state index contributed by atoms with van der Waals surface area (Å²) in [7, 11) is 0. The molecular formula is C24H30N4O3S. The van der Waals surface area contributed by atoms with Crippen molar-refractivity contribution in [2.45, 2.75) is 26.3 Å². The Kier molecular flexibility index (Phi) is 8.72. The number of nitrogens with zero attached hydrogens (tertiary/aromatic N) is 1. The molecule has 0 radical (unpaired) electrons. The Morgan fingerprint density at radius 1 is 1.22 bits per heavy atom. The summed E-state index contributed by atoms with van der Waals surface area (Å²) in [6, 6.07) is 14.9. The lowest BCUT2D eigenvalue weighted by Crippen LogP contribution is -2.40. The molecule has 0 fully saturated rings. The monoisotopic (exact) mass is 454 g/mol. The first-order valence-electron chi connectivity index (χ1n) is 10.7. The number of hydrogen-bond acceptors (Lipinski definition) is 6. The van der Waals surface area contributed by atoms with Crippen molar-refractivity contribution in [3.05, 3.63) is 59.7 Å². The summed E-state index contributed by atoms with van der Waals surface area (Å²) >= 11 is 1.62. The molecular weight excluding hydrogens is 424 g/mol. The number of carbonyl (C=O) groups is 2. The molecule has 1 unspecified atom stereocenters. The van der Waals surface area contributed by atoms with Gasteiger partial charge in [-0.3, -0.25) is 14.3 Å². The quantitative estimate of drug-likeness (QED) is 0.356. The van der Waals surface area contributed by atoms with Crippen molar-refractivity contribution in [1.82, 2.24) is 10.0 Å². The van der Waals surface area contributed by atoms with Crippen LogP contribution in [0.4, 0.5) is 5.69 Å². The van der Waals surface area contributed by atoms with Crippen LogP contribution in [0.25, 0.3) is 6.08 Å². The Morgan fingerprint density at radius 3 is 2.72 bits per heavy atom. The summed E-state index contributed by atoms with van der Waals surface area (Å²) in [5.74, 6) is 1.94. The molecule has 170 valence electrons. The Labute approximate surface area is 193 Å². The van der Waals surface area contributed by atoms with E-state index in [2.05, 4.69) is 17.0 Å². The molecule has 0 saturated heterocycles. The van der Waals surface area contributed by atoms with Gasteiger partial charge in [0.15, 0.2) is 0 Å². The highest BCUT2D eigenvalue weighted by molar-refractivity contribution is 7.97. The van der Waals surface area contributed by atoms with E-state index in [4.69, 9.17) is 10.5 Å². The van der Waals surface area contributed by atoms with Gasteiger partial charge >= 0.3 is 0 Å². The molecule has 0 saturated carbocycles. The topological polar surface area (TPSA) is 96.7 Å². The van der Waals surface area contributed by atoms with Gasteiger partial charge in [0.1, 0.15) is 11.5 Å². The SMILES string of the molecule is CCSNCCN1C(=O)CC(CNC(C)C(N)=O)=Cc2ccc(Oc3ccccc3)cc21. The molecule has 2 aromatic carbocycles. The second kappa shape index (κ2) is 11.7. The lowest BCUT2D eigenvalue weighted by molar-refractivity contribution is -0.119. The van der Waals surface area contributed by atoms with Gasteiger partial charge in [0, 0.05) is 37.9 Å². The molecule has 8 heteroatoms. The molecule has 1 heterocycles. The van der Waals surface area contributed by atoms with Crippen LogP contribution in [0, 0.1) is 0 Å². The molecule has 7 nitrogen and oxygen atoms in total. The van der Waals surface area contributed by atoms with Crippen LogP contribution in [-0.4, -0.2) is 43.2 Å². The average Bonchev–Trinajstić information content (AvgIpc) is 2.91. The number of benzene rings is 2. The maximum absolute atomic E-state index is 13.2. The number of rotatable bonds is 11. The van der Waals surface area contributed by atoms with Gasteiger partial charge in [-0.15, -0.1) is 0 Å². The number of fused-ring (bicyclic) bond motifs is 1. The van der Waals surface area contributed by atoms with Crippen LogP contribution in [0.1, 0.15) is 25.8 Å². The van der Waals surface area contributed by atoms with Crippen molar-refractivity contribution in [3.8, 4) is 11.5 Å². The zero-order valence-electron chi connectivity index (χ0n) is 18.5. The molecule has 0 aromatic heterocycles. The normalized spacial score (nSPS) is 14.4. The molecule has 0 aliphatic carbocycles. The number of nitrogens with two attached hydrogens (primary N) is 1. The van der Waals surface area contributed by atoms with Crippen LogP contribution in [-0.2, 0) is 9.59 Å². The van der Waals surface area contributed by atoms with Crippen molar-refractivity contribution in [2.24, 2.45) is 5.73 Å². The van der Waals surface area contributed by atoms with E-state index in [1.54, 1.807) is 23.8 Å². The van der Waals surface area contributed by atoms with E-state index in [0.717, 1.165) is 28.3 Å². The first kappa shape index (κ1) is 23.8. The van der Waals surface area contributed by atoms with Crippen molar-refractivity contribution >= 4 is 35.5 Å². The van der Waals surface area contributed by atoms with Crippen LogP contribution in [0.3, 0.4) is 0 Å². The number of nitrogens with one attached hydrogen (secondary N) is 2. The van der Waals surface area contributed by atoms with Crippen LogP contribution >= 0.6 is 11.9 Å². The highest BCUT2D eigenvalue weighted by atomic mass is 32.2. The Bertz CT molecular complexity index is 965. The largest absolute Gasteiger partial charge is 0.457 e. The predicted octanol–water partition coefficient (Wildman–Crippen LogP) is 3.32. The van der Waals surface area contributed by atoms with E-state index < -0.39 is 11.9 Å². The maximum atomic E-state index is 13.2. The molecule has 1 aliphatic rings. The van der Waals surface area contributed by atoms with E-state index in [1.807, 2.05) is 54.6 Å². The molecule has 1 aliphatic heterocycles. The van der Waals surface area contributed by atoms with E-state index >= 15 is 0 Å². The van der Waals surface area contributed by atoms with Crippen LogP contribution in [0.15, 0.2) is 54.1 Å². The van der Waals surface area contributed by atoms with Gasteiger partial charge in [0.05, 0.1) is 11.7 Å². The Balaban J connectivity index is 1.86. The number of hydrogen-bond donors (Lipinski definition) is 3. The third-order valence-electron chi connectivity index (χ3n) is 5.06. The minimum atomic E-state index is -0.471. The van der Waals surface area contributed by atoms with Crippen molar-refractivity contribution < 1.29 is 14.3 Å². The molecule has 2 aromatic rings. The van der Waals surface area contributed by atoms with E-state index in [-0.39, 0.29) is 12.3 Å². The van der Waals surface area contributed by atoms with Crippen LogP contribution < -0.4 is 25.4 Å². The van der Waals surface area contributed by atoms with Crippen molar-refractivity contribution in [1.29, 1.82) is 0 Å². The standard InChI is InChI=1S/C24H30N4O3S/c1-3-32-27-11-12-28-22-15-21(31-20-7-5-4-6-8-20)10-9-19(22)13-18(14-23(28)29)16-26-17(2)24(25)30/h4-10,13,15,17,26-27H,3,11-12,14,16H2,1-2H3,(H2,25,30). The average molecular weight is 455 g/mol. The van der Waals surface area contributed by atoms with Gasteiger partial charge in [0.2, 0.25) is 11.8 Å². The minimum Gasteiger partial charge on any atom is -0.457 e. The summed E-state index contributed by atoms with van der Waals surface area (Å²) in [4.78, 5) is 26.3. The molecule has 2 amide bonds. The fourth-order valence-corrected chi connectivity index (χ4v) is 3.78. The highest BCUT2D eigenvalue weighted by Gasteiger charge is 2.24. The lowest BCUT2D eigenvalue weighted by atomic mass is 10.1. The second-order valence-electron chi connectivity index (χ2n) is 7.49. The summed E-state index contributed by atoms with van der Waals surface area (Å²) in [5.41, 5.74) is 7.99. The molecule has 3 rings (SSSR count). The number of amides is 2. The fourth-order valence-electron chi connectivity index (χ4n) is 3.34. The zero-order valence-corrected chi connectivity index (χ0v) is 19.3. The maximum Gasteiger partial charge on any atom is 0.234 e. The summed E-state index contributed by atoms with van der Waals surface area (Å²) in [5, 5.41) is 3.10. The van der Waals surface area contributed by atoms with Crippen molar-refractivity contribution in [2.75, 3.05) is 30.3 Å². The highest BCUT2D eigenvalue weighted by Crippen LogP contribution is 2.33. The van der Waals surface area contributed by atoms with E-state index in [9.17, 15) is 9.59 Å². The van der Waals surface area contributed by atoms with Crippen molar-refractivity contribution in [3.63, 3.8) is 0 Å².